The minimum atomic E-state index is -1.25. The van der Waals surface area contributed by atoms with Gasteiger partial charge in [0.25, 0.3) is 0 Å². The molecule has 126 valence electrons. The molecule has 0 unspecified atom stereocenters. The summed E-state index contributed by atoms with van der Waals surface area (Å²) < 4.78 is 5.53. The molecule has 3 heteroatoms. The van der Waals surface area contributed by atoms with E-state index < -0.39 is 9.12 Å². The summed E-state index contributed by atoms with van der Waals surface area (Å²) in [6.07, 6.45) is 6.28. The minimum absolute atomic E-state index is 0.609. The van der Waals surface area contributed by atoms with E-state index in [0.29, 0.717) is 24.2 Å². The molecule has 0 atom stereocenters. The van der Waals surface area contributed by atoms with Gasteiger partial charge in [0.2, 0.25) is 9.12 Å². The summed E-state index contributed by atoms with van der Waals surface area (Å²) in [5, 5.41) is 0. The van der Waals surface area contributed by atoms with Gasteiger partial charge in [-0.15, -0.1) is 0 Å². The van der Waals surface area contributed by atoms with Gasteiger partial charge in [-0.25, -0.2) is 0 Å². The number of rotatable bonds is 10. The van der Waals surface area contributed by atoms with Crippen LogP contribution in [-0.4, -0.2) is 42.4 Å². The maximum Gasteiger partial charge on any atom is 0.216 e. The van der Waals surface area contributed by atoms with E-state index in [1.54, 1.807) is 0 Å². The van der Waals surface area contributed by atoms with Crippen molar-refractivity contribution in [3.8, 4) is 0 Å². The van der Waals surface area contributed by atoms with Crippen molar-refractivity contribution >= 4 is 9.12 Å². The van der Waals surface area contributed by atoms with Crippen LogP contribution in [0.3, 0.4) is 0 Å². The van der Waals surface area contributed by atoms with Crippen molar-refractivity contribution in [1.29, 1.82) is 0 Å². The highest BCUT2D eigenvalue weighted by atomic mass is 28.3. The second-order valence-corrected chi connectivity index (χ2v) is 9.66. The van der Waals surface area contributed by atoms with E-state index in [9.17, 15) is 0 Å². The van der Waals surface area contributed by atoms with Crippen LogP contribution in [0.1, 0.15) is 81.6 Å². The molecule has 0 fully saturated rings. The van der Waals surface area contributed by atoms with E-state index in [1.807, 2.05) is 0 Å². The number of hydrogen-bond donors (Lipinski definition) is 0. The average Bonchev–Trinajstić information content (AvgIpc) is 2.32. The highest BCUT2D eigenvalue weighted by molar-refractivity contribution is 6.58. The van der Waals surface area contributed by atoms with E-state index in [1.165, 1.54) is 19.3 Å². The van der Waals surface area contributed by atoms with Crippen LogP contribution in [-0.2, 0) is 0 Å². The molecule has 0 N–H and O–H groups in total. The molecule has 0 saturated heterocycles. The van der Waals surface area contributed by atoms with Crippen LogP contribution in [0, 0.1) is 0 Å². The fourth-order valence-corrected chi connectivity index (χ4v) is 6.89. The molecule has 0 aromatic carbocycles. The average molecular weight is 313 g/mol. The topological polar surface area (TPSA) is 6.48 Å². The van der Waals surface area contributed by atoms with Crippen molar-refractivity contribution in [2.45, 2.75) is 106 Å². The first kappa shape index (κ1) is 20.9. The Morgan fingerprint density at radius 3 is 1.43 bits per heavy atom. The lowest BCUT2D eigenvalue weighted by molar-refractivity contribution is 0.227. The van der Waals surface area contributed by atoms with Crippen LogP contribution in [0.2, 0.25) is 0 Å². The SMILES string of the molecule is CCCCC=C[SiH](N(C(C)C)C(C)C)N(C(C)C)C(C)C. The highest BCUT2D eigenvalue weighted by Crippen LogP contribution is 2.18. The number of unbranched alkanes of at least 4 members (excludes halogenated alkanes) is 2. The Labute approximate surface area is 136 Å². The van der Waals surface area contributed by atoms with Gasteiger partial charge < -0.3 is 9.13 Å². The Balaban J connectivity index is 5.36. The monoisotopic (exact) mass is 312 g/mol. The number of nitrogens with zero attached hydrogens (tertiary/aromatic N) is 2. The summed E-state index contributed by atoms with van der Waals surface area (Å²) in [5.41, 5.74) is 2.58. The second-order valence-electron chi connectivity index (χ2n) is 7.25. The van der Waals surface area contributed by atoms with Crippen LogP contribution in [0.5, 0.6) is 0 Å². The Kier molecular flexibility index (Phi) is 10.5. The number of allylic oxidation sites excluding steroid dienone is 1. The molecule has 0 aliphatic heterocycles. The Morgan fingerprint density at radius 2 is 1.14 bits per heavy atom. The van der Waals surface area contributed by atoms with E-state index in [-0.39, 0.29) is 0 Å². The van der Waals surface area contributed by atoms with Crippen molar-refractivity contribution < 1.29 is 0 Å². The first-order valence-corrected chi connectivity index (χ1v) is 10.6. The van der Waals surface area contributed by atoms with Crippen LogP contribution >= 0.6 is 0 Å². The van der Waals surface area contributed by atoms with Crippen LogP contribution in [0.4, 0.5) is 0 Å². The zero-order valence-electron chi connectivity index (χ0n) is 16.1. The molecule has 0 bridgehead atoms. The predicted octanol–water partition coefficient (Wildman–Crippen LogP) is 4.73. The van der Waals surface area contributed by atoms with Gasteiger partial charge in [-0.3, -0.25) is 0 Å². The Bertz CT molecular complexity index is 249. The molecule has 0 aromatic rings. The quantitative estimate of drug-likeness (QED) is 0.425. The van der Waals surface area contributed by atoms with Crippen molar-refractivity contribution in [1.82, 2.24) is 9.13 Å². The molecule has 0 heterocycles. The summed E-state index contributed by atoms with van der Waals surface area (Å²) in [6.45, 7) is 21.0. The first-order valence-electron chi connectivity index (χ1n) is 8.95. The van der Waals surface area contributed by atoms with Crippen molar-refractivity contribution in [3.63, 3.8) is 0 Å². The largest absolute Gasteiger partial charge is 0.306 e. The van der Waals surface area contributed by atoms with E-state index in [2.05, 4.69) is 83.2 Å². The molecular formula is C18H40N2Si. The zero-order valence-corrected chi connectivity index (χ0v) is 17.2. The molecule has 0 radical (unpaired) electrons. The zero-order chi connectivity index (χ0) is 16.6. The fraction of sp³-hybridized carbons (Fsp3) is 0.889. The summed E-state index contributed by atoms with van der Waals surface area (Å²) in [6, 6.07) is 2.44. The smallest absolute Gasteiger partial charge is 0.216 e. The Hall–Kier alpha value is -0.123. The predicted molar refractivity (Wildman–Crippen MR) is 100 cm³/mol. The van der Waals surface area contributed by atoms with Crippen LogP contribution < -0.4 is 0 Å². The van der Waals surface area contributed by atoms with Gasteiger partial charge in [0.05, 0.1) is 0 Å². The van der Waals surface area contributed by atoms with Gasteiger partial charge in [0.15, 0.2) is 0 Å². The third-order valence-corrected chi connectivity index (χ3v) is 8.25. The molecule has 0 aromatic heterocycles. The third-order valence-electron chi connectivity index (χ3n) is 4.03. The van der Waals surface area contributed by atoms with Crippen LogP contribution in [0.15, 0.2) is 11.8 Å². The van der Waals surface area contributed by atoms with Gasteiger partial charge in [-0.2, -0.15) is 0 Å². The van der Waals surface area contributed by atoms with Crippen LogP contribution in [0.25, 0.3) is 0 Å². The molecule has 0 amide bonds. The summed E-state index contributed by atoms with van der Waals surface area (Å²) in [5.74, 6) is 0. The van der Waals surface area contributed by atoms with Gasteiger partial charge in [0, 0.05) is 0 Å². The maximum atomic E-state index is 2.77. The molecule has 0 spiro atoms. The maximum absolute atomic E-state index is 2.77. The summed E-state index contributed by atoms with van der Waals surface area (Å²) in [4.78, 5) is 0. The number of hydrogen-bond acceptors (Lipinski definition) is 2. The minimum Gasteiger partial charge on any atom is -0.306 e. The third kappa shape index (κ3) is 7.12. The lowest BCUT2D eigenvalue weighted by atomic mass is 10.2. The van der Waals surface area contributed by atoms with Crippen molar-refractivity contribution in [2.75, 3.05) is 0 Å². The summed E-state index contributed by atoms with van der Waals surface area (Å²) in [7, 11) is -1.25. The molecule has 0 aliphatic carbocycles. The van der Waals surface area contributed by atoms with Gasteiger partial charge in [0.1, 0.15) is 0 Å². The van der Waals surface area contributed by atoms with E-state index in [4.69, 9.17) is 0 Å². The summed E-state index contributed by atoms with van der Waals surface area (Å²) >= 11 is 0. The molecule has 2 nitrogen and oxygen atoms in total. The van der Waals surface area contributed by atoms with Crippen molar-refractivity contribution in [3.05, 3.63) is 11.8 Å². The first-order chi connectivity index (χ1) is 9.73. The molecule has 21 heavy (non-hydrogen) atoms. The Morgan fingerprint density at radius 1 is 0.762 bits per heavy atom. The van der Waals surface area contributed by atoms with Gasteiger partial charge >= 0.3 is 0 Å². The standard InChI is InChI=1S/C18H40N2Si/c1-10-11-12-13-14-21(19(15(2)3)16(4)5)20(17(6)7)18(8)9/h13-18,21H,10-12H2,1-9H3. The fourth-order valence-electron chi connectivity index (χ4n) is 3.31. The van der Waals surface area contributed by atoms with Gasteiger partial charge in [-0.05, 0) is 30.6 Å². The lowest BCUT2D eigenvalue weighted by Gasteiger charge is -2.45. The van der Waals surface area contributed by atoms with E-state index in [0.717, 1.165) is 0 Å². The molecule has 0 saturated carbocycles. The molecular weight excluding hydrogens is 272 g/mol. The molecule has 0 rings (SSSR count). The van der Waals surface area contributed by atoms with Gasteiger partial charge in [-0.1, -0.05) is 86.9 Å². The molecule has 0 aliphatic rings. The van der Waals surface area contributed by atoms with Crippen molar-refractivity contribution in [2.24, 2.45) is 0 Å². The van der Waals surface area contributed by atoms with E-state index >= 15 is 0 Å². The highest BCUT2D eigenvalue weighted by Gasteiger charge is 2.32. The lowest BCUT2D eigenvalue weighted by Crippen LogP contribution is -2.60. The normalized spacial score (nSPS) is 13.5. The second kappa shape index (κ2) is 10.6.